The maximum absolute atomic E-state index is 9.98. The topological polar surface area (TPSA) is 55.1 Å². The van der Waals surface area contributed by atoms with Crippen LogP contribution >= 0.6 is 0 Å². The summed E-state index contributed by atoms with van der Waals surface area (Å²) in [4.78, 5) is 9.98. The molecule has 3 N–H and O–H groups in total. The molecule has 0 aliphatic carbocycles. The molecule has 0 unspecified atom stereocenters. The zero-order valence-corrected chi connectivity index (χ0v) is 5.14. The number of carbonyl (C=O) groups excluding carboxylic acids is 1. The first-order valence-electron chi connectivity index (χ1n) is 2.52. The Labute approximate surface area is 49.3 Å². The van der Waals surface area contributed by atoms with Crippen molar-refractivity contribution in [2.24, 2.45) is 11.7 Å². The van der Waals surface area contributed by atoms with Crippen LogP contribution in [0.25, 0.3) is 0 Å². The molecule has 0 saturated heterocycles. The van der Waals surface area contributed by atoms with E-state index in [4.69, 9.17) is 5.73 Å². The lowest BCUT2D eigenvalue weighted by Crippen LogP contribution is -2.28. The van der Waals surface area contributed by atoms with Crippen LogP contribution in [0.5, 0.6) is 0 Å². The number of urea groups is 1. The molecular formula is C5H11N2O. The largest absolute Gasteiger partial charge is 0.352 e. The first-order valence-corrected chi connectivity index (χ1v) is 2.52. The summed E-state index contributed by atoms with van der Waals surface area (Å²) in [6, 6.07) is -0.501. The van der Waals surface area contributed by atoms with Crippen molar-refractivity contribution >= 4 is 6.03 Å². The number of nitrogens with one attached hydrogen (secondary N) is 1. The van der Waals surface area contributed by atoms with Crippen molar-refractivity contribution in [2.75, 3.05) is 0 Å². The lowest BCUT2D eigenvalue weighted by molar-refractivity contribution is 0.250. The molecule has 0 saturated carbocycles. The number of carbonyl (C=O) groups is 1. The van der Waals surface area contributed by atoms with E-state index in [1.165, 1.54) is 0 Å². The summed E-state index contributed by atoms with van der Waals surface area (Å²) in [6.07, 6.45) is 0. The van der Waals surface area contributed by atoms with Gasteiger partial charge in [0, 0.05) is 0 Å². The zero-order valence-electron chi connectivity index (χ0n) is 5.14. The number of hydrogen-bond acceptors (Lipinski definition) is 1. The Morgan fingerprint density at radius 2 is 2.25 bits per heavy atom. The van der Waals surface area contributed by atoms with Crippen LogP contribution in [0.15, 0.2) is 0 Å². The molecule has 0 fully saturated rings. The van der Waals surface area contributed by atoms with Crippen LogP contribution < -0.4 is 11.1 Å². The van der Waals surface area contributed by atoms with E-state index in [1.54, 1.807) is 6.54 Å². The van der Waals surface area contributed by atoms with Gasteiger partial charge in [0.15, 0.2) is 0 Å². The van der Waals surface area contributed by atoms with E-state index in [2.05, 4.69) is 5.32 Å². The standard InChI is InChI=1S/C5H11N2O/c1-4(2)3-7-5(6)8/h3-4H,1-2H3,(H3,6,7,8). The van der Waals surface area contributed by atoms with Gasteiger partial charge in [-0.05, 0) is 5.92 Å². The third kappa shape index (κ3) is 5.27. The van der Waals surface area contributed by atoms with Crippen molar-refractivity contribution in [3.8, 4) is 0 Å². The van der Waals surface area contributed by atoms with E-state index >= 15 is 0 Å². The lowest BCUT2D eigenvalue weighted by Gasteiger charge is -2.01. The Kier molecular flexibility index (Phi) is 2.99. The molecule has 0 aliphatic heterocycles. The highest BCUT2D eigenvalue weighted by Crippen LogP contribution is 1.91. The molecule has 0 aliphatic rings. The molecule has 0 aromatic carbocycles. The molecule has 0 bridgehead atoms. The molecule has 47 valence electrons. The van der Waals surface area contributed by atoms with Crippen LogP contribution in [0.1, 0.15) is 13.8 Å². The summed E-state index contributed by atoms with van der Waals surface area (Å²) >= 11 is 0. The van der Waals surface area contributed by atoms with Crippen LogP contribution in [0.4, 0.5) is 4.79 Å². The van der Waals surface area contributed by atoms with Crippen LogP contribution in [0, 0.1) is 12.5 Å². The van der Waals surface area contributed by atoms with E-state index in [0.29, 0.717) is 5.92 Å². The van der Waals surface area contributed by atoms with E-state index in [9.17, 15) is 4.79 Å². The van der Waals surface area contributed by atoms with Crippen molar-refractivity contribution in [3.63, 3.8) is 0 Å². The van der Waals surface area contributed by atoms with Crippen molar-refractivity contribution in [1.82, 2.24) is 5.32 Å². The van der Waals surface area contributed by atoms with Gasteiger partial charge in [-0.1, -0.05) is 13.8 Å². The van der Waals surface area contributed by atoms with Crippen LogP contribution in [-0.2, 0) is 0 Å². The average Bonchev–Trinajstić information content (AvgIpc) is 1.61. The Bertz CT molecular complexity index is 80.5. The summed E-state index contributed by atoms with van der Waals surface area (Å²) < 4.78 is 0. The van der Waals surface area contributed by atoms with Crippen molar-refractivity contribution in [2.45, 2.75) is 13.8 Å². The normalized spacial score (nSPS) is 9.38. The Morgan fingerprint density at radius 1 is 1.75 bits per heavy atom. The van der Waals surface area contributed by atoms with E-state index < -0.39 is 6.03 Å². The highest BCUT2D eigenvalue weighted by molar-refractivity contribution is 5.72. The molecule has 0 heterocycles. The number of hydrogen-bond donors (Lipinski definition) is 2. The van der Waals surface area contributed by atoms with Crippen molar-refractivity contribution < 1.29 is 4.79 Å². The minimum absolute atomic E-state index is 0.350. The zero-order chi connectivity index (χ0) is 6.57. The van der Waals surface area contributed by atoms with Crippen molar-refractivity contribution in [3.05, 3.63) is 6.54 Å². The van der Waals surface area contributed by atoms with Gasteiger partial charge in [-0.3, -0.25) is 0 Å². The fourth-order valence-electron chi connectivity index (χ4n) is 0.249. The molecule has 1 radical (unpaired) electrons. The lowest BCUT2D eigenvalue weighted by atomic mass is 10.2. The molecule has 8 heavy (non-hydrogen) atoms. The molecule has 0 atom stereocenters. The number of amides is 2. The quantitative estimate of drug-likeness (QED) is 0.540. The van der Waals surface area contributed by atoms with E-state index in [-0.39, 0.29) is 0 Å². The minimum atomic E-state index is -0.501. The molecule has 2 amide bonds. The average molecular weight is 115 g/mol. The number of primary amides is 1. The monoisotopic (exact) mass is 115 g/mol. The fourth-order valence-corrected chi connectivity index (χ4v) is 0.249. The second kappa shape index (κ2) is 3.29. The first kappa shape index (κ1) is 7.27. The Balaban J connectivity index is 3.05. The Morgan fingerprint density at radius 3 is 2.38 bits per heavy atom. The maximum Gasteiger partial charge on any atom is 0.312 e. The van der Waals surface area contributed by atoms with Gasteiger partial charge >= 0.3 is 6.03 Å². The predicted molar refractivity (Wildman–Crippen MR) is 31.9 cm³/mol. The van der Waals surface area contributed by atoms with Gasteiger partial charge in [0.25, 0.3) is 0 Å². The summed E-state index contributed by atoms with van der Waals surface area (Å²) in [5.41, 5.74) is 4.76. The molecule has 0 rings (SSSR count). The first-order chi connectivity index (χ1) is 3.63. The SMILES string of the molecule is CC(C)[CH]NC(N)=O. The van der Waals surface area contributed by atoms with Gasteiger partial charge < -0.3 is 11.1 Å². The maximum atomic E-state index is 9.98. The van der Waals surface area contributed by atoms with Gasteiger partial charge in [0.1, 0.15) is 0 Å². The van der Waals surface area contributed by atoms with Gasteiger partial charge in [-0.2, -0.15) is 0 Å². The van der Waals surface area contributed by atoms with Gasteiger partial charge in [0.05, 0.1) is 6.54 Å². The van der Waals surface area contributed by atoms with Crippen molar-refractivity contribution in [1.29, 1.82) is 0 Å². The Hall–Kier alpha value is -0.730. The molecule has 3 heteroatoms. The second-order valence-electron chi connectivity index (χ2n) is 1.92. The number of nitrogens with two attached hydrogens (primary N) is 1. The third-order valence-corrected chi connectivity index (χ3v) is 0.559. The minimum Gasteiger partial charge on any atom is -0.352 e. The second-order valence-corrected chi connectivity index (χ2v) is 1.92. The predicted octanol–water partition coefficient (Wildman–Crippen LogP) is 0.472. The fraction of sp³-hybridized carbons (Fsp3) is 0.600. The van der Waals surface area contributed by atoms with Gasteiger partial charge in [-0.25, -0.2) is 4.79 Å². The van der Waals surface area contributed by atoms with E-state index in [0.717, 1.165) is 0 Å². The third-order valence-electron chi connectivity index (χ3n) is 0.559. The molecule has 3 nitrogen and oxygen atoms in total. The highest BCUT2D eigenvalue weighted by Gasteiger charge is 1.93. The van der Waals surface area contributed by atoms with E-state index in [1.807, 2.05) is 13.8 Å². The summed E-state index contributed by atoms with van der Waals surface area (Å²) in [7, 11) is 0. The smallest absolute Gasteiger partial charge is 0.312 e. The molecular weight excluding hydrogens is 104 g/mol. The molecule has 0 spiro atoms. The van der Waals surface area contributed by atoms with Crippen LogP contribution in [0.2, 0.25) is 0 Å². The summed E-state index contributed by atoms with van der Waals surface area (Å²) in [5.74, 6) is 0.350. The number of rotatable bonds is 2. The van der Waals surface area contributed by atoms with Gasteiger partial charge in [-0.15, -0.1) is 0 Å². The summed E-state index contributed by atoms with van der Waals surface area (Å²) in [5, 5.41) is 2.36. The van der Waals surface area contributed by atoms with Gasteiger partial charge in [0.2, 0.25) is 0 Å². The highest BCUT2D eigenvalue weighted by atomic mass is 16.2. The van der Waals surface area contributed by atoms with Crippen LogP contribution in [-0.4, -0.2) is 6.03 Å². The van der Waals surface area contributed by atoms with Crippen LogP contribution in [0.3, 0.4) is 0 Å². The summed E-state index contributed by atoms with van der Waals surface area (Å²) in [6.45, 7) is 5.55. The molecule has 0 aromatic rings. The molecule has 0 aromatic heterocycles.